The Morgan fingerprint density at radius 1 is 0.676 bits per heavy atom. The molecule has 2 nitrogen and oxygen atoms in total. The van der Waals surface area contributed by atoms with Crippen LogP contribution in [0.2, 0.25) is 0 Å². The summed E-state index contributed by atoms with van der Waals surface area (Å²) in [5.41, 5.74) is 8.39. The van der Waals surface area contributed by atoms with Crippen LogP contribution in [0.5, 0.6) is 0 Å². The second kappa shape index (κ2) is 10.3. The van der Waals surface area contributed by atoms with E-state index in [1.807, 2.05) is 0 Å². The molecule has 0 heterocycles. The highest BCUT2D eigenvalue weighted by Gasteiger charge is 2.12. The predicted molar refractivity (Wildman–Crippen MR) is 146 cm³/mol. The van der Waals surface area contributed by atoms with Crippen molar-refractivity contribution < 1.29 is 0 Å². The molecule has 1 atom stereocenters. The summed E-state index contributed by atoms with van der Waals surface area (Å²) < 4.78 is 0. The molecule has 1 N–H and O–H groups in total. The van der Waals surface area contributed by atoms with Crippen molar-refractivity contribution in [3.05, 3.63) is 133 Å². The summed E-state index contributed by atoms with van der Waals surface area (Å²) in [6.07, 6.45) is 10.7. The fourth-order valence-corrected chi connectivity index (χ4v) is 4.37. The lowest BCUT2D eigenvalue weighted by Gasteiger charge is -2.26. The first kappa shape index (κ1) is 21.8. The van der Waals surface area contributed by atoms with Crippen molar-refractivity contribution in [2.45, 2.75) is 25.8 Å². The van der Waals surface area contributed by atoms with Crippen LogP contribution in [-0.4, -0.2) is 6.04 Å². The molecule has 168 valence electrons. The first-order chi connectivity index (χ1) is 16.8. The molecule has 4 aromatic carbocycles. The van der Waals surface area contributed by atoms with Crippen molar-refractivity contribution in [2.24, 2.45) is 0 Å². The molecule has 1 unspecified atom stereocenters. The Morgan fingerprint density at radius 3 is 1.85 bits per heavy atom. The van der Waals surface area contributed by atoms with Gasteiger partial charge in [0.1, 0.15) is 0 Å². The van der Waals surface area contributed by atoms with E-state index in [4.69, 9.17) is 0 Å². The van der Waals surface area contributed by atoms with Crippen LogP contribution in [0.1, 0.15) is 18.9 Å². The van der Waals surface area contributed by atoms with Gasteiger partial charge in [0, 0.05) is 28.8 Å². The highest BCUT2D eigenvalue weighted by atomic mass is 15.1. The van der Waals surface area contributed by atoms with Gasteiger partial charge in [-0.1, -0.05) is 85.8 Å². The zero-order valence-electron chi connectivity index (χ0n) is 19.6. The molecular formula is C32H30N2. The average molecular weight is 443 g/mol. The van der Waals surface area contributed by atoms with Gasteiger partial charge in [0.2, 0.25) is 0 Å². The summed E-state index contributed by atoms with van der Waals surface area (Å²) in [6.45, 7) is 2.19. The molecule has 0 radical (unpaired) electrons. The minimum absolute atomic E-state index is 0.366. The maximum atomic E-state index is 3.58. The van der Waals surface area contributed by atoms with Gasteiger partial charge < -0.3 is 10.2 Å². The molecule has 0 spiro atoms. The normalized spacial score (nSPS) is 14.7. The molecule has 34 heavy (non-hydrogen) atoms. The Kier molecular flexibility index (Phi) is 6.58. The minimum atomic E-state index is 0.366. The highest BCUT2D eigenvalue weighted by molar-refractivity contribution is 5.78. The maximum absolute atomic E-state index is 3.58. The zero-order valence-corrected chi connectivity index (χ0v) is 19.6. The summed E-state index contributed by atoms with van der Waals surface area (Å²) in [4.78, 5) is 2.31. The Hall–Kier alpha value is -4.04. The van der Waals surface area contributed by atoms with E-state index in [9.17, 15) is 0 Å². The van der Waals surface area contributed by atoms with E-state index in [0.717, 1.165) is 35.6 Å². The molecule has 1 aliphatic carbocycles. The average Bonchev–Trinajstić information content (AvgIpc) is 2.91. The van der Waals surface area contributed by atoms with Crippen LogP contribution in [0.3, 0.4) is 0 Å². The van der Waals surface area contributed by atoms with E-state index in [1.54, 1.807) is 0 Å². The molecule has 1 aliphatic rings. The molecule has 5 rings (SSSR count). The lowest BCUT2D eigenvalue weighted by Crippen LogP contribution is -2.16. The van der Waals surface area contributed by atoms with Gasteiger partial charge >= 0.3 is 0 Å². The van der Waals surface area contributed by atoms with Crippen molar-refractivity contribution in [1.29, 1.82) is 0 Å². The van der Waals surface area contributed by atoms with Crippen LogP contribution >= 0.6 is 0 Å². The maximum Gasteiger partial charge on any atom is 0.0482 e. The first-order valence-electron chi connectivity index (χ1n) is 12.0. The number of allylic oxidation sites excluding steroid dienone is 2. The van der Waals surface area contributed by atoms with Crippen LogP contribution in [0.25, 0.3) is 11.1 Å². The Balaban J connectivity index is 1.38. The third kappa shape index (κ3) is 4.97. The third-order valence-corrected chi connectivity index (χ3v) is 6.29. The van der Waals surface area contributed by atoms with E-state index in [-0.39, 0.29) is 0 Å². The number of nitrogens with one attached hydrogen (secondary N) is 1. The second-order valence-corrected chi connectivity index (χ2v) is 8.61. The third-order valence-electron chi connectivity index (χ3n) is 6.29. The summed E-state index contributed by atoms with van der Waals surface area (Å²) in [7, 11) is 0. The number of benzene rings is 4. The smallest absolute Gasteiger partial charge is 0.0482 e. The van der Waals surface area contributed by atoms with Crippen molar-refractivity contribution in [2.75, 3.05) is 10.2 Å². The van der Waals surface area contributed by atoms with Crippen LogP contribution in [-0.2, 0) is 6.42 Å². The lowest BCUT2D eigenvalue weighted by atomic mass is 10.0. The SMILES string of the molecule is CCc1ccc(N(c2ccccc2)c2ccc(-c3ccc(NC4C=CC=CC4)cc3)cc2)cc1. The summed E-state index contributed by atoms with van der Waals surface area (Å²) >= 11 is 0. The Bertz CT molecular complexity index is 1250. The van der Waals surface area contributed by atoms with Gasteiger partial charge in [0.05, 0.1) is 0 Å². The standard InChI is InChI=1S/C32H30N2/c1-2-25-13-21-31(22-14-25)34(30-11-7-4-8-12-30)32-23-17-27(18-24-32)26-15-19-29(20-16-26)33-28-9-5-3-6-10-28/h3-9,11-24,28,33H,2,10H2,1H3. The van der Waals surface area contributed by atoms with Crippen LogP contribution in [0.15, 0.2) is 127 Å². The van der Waals surface area contributed by atoms with Crippen molar-refractivity contribution in [3.63, 3.8) is 0 Å². The van der Waals surface area contributed by atoms with Gasteiger partial charge in [-0.3, -0.25) is 0 Å². The Labute approximate surface area is 202 Å². The minimum Gasteiger partial charge on any atom is -0.379 e. The monoisotopic (exact) mass is 442 g/mol. The van der Waals surface area contributed by atoms with Gasteiger partial charge in [0.25, 0.3) is 0 Å². The quantitative estimate of drug-likeness (QED) is 0.308. The van der Waals surface area contributed by atoms with E-state index < -0.39 is 0 Å². The molecule has 0 amide bonds. The molecule has 0 saturated carbocycles. The van der Waals surface area contributed by atoms with E-state index in [1.165, 1.54) is 16.7 Å². The highest BCUT2D eigenvalue weighted by Crippen LogP contribution is 2.35. The molecule has 4 aromatic rings. The number of rotatable bonds is 7. The first-order valence-corrected chi connectivity index (χ1v) is 12.0. The summed E-state index contributed by atoms with van der Waals surface area (Å²) in [5.74, 6) is 0. The number of hydrogen-bond acceptors (Lipinski definition) is 2. The van der Waals surface area contributed by atoms with E-state index >= 15 is 0 Å². The molecule has 0 aliphatic heterocycles. The molecule has 2 heteroatoms. The van der Waals surface area contributed by atoms with Gasteiger partial charge in [-0.15, -0.1) is 0 Å². The molecule has 0 aromatic heterocycles. The second-order valence-electron chi connectivity index (χ2n) is 8.61. The Morgan fingerprint density at radius 2 is 1.26 bits per heavy atom. The number of aryl methyl sites for hydroxylation is 1. The molecule has 0 fully saturated rings. The van der Waals surface area contributed by atoms with Crippen molar-refractivity contribution in [3.8, 4) is 11.1 Å². The van der Waals surface area contributed by atoms with Gasteiger partial charge in [0.15, 0.2) is 0 Å². The number of anilines is 4. The fraction of sp³-hybridized carbons (Fsp3) is 0.125. The van der Waals surface area contributed by atoms with Gasteiger partial charge in [-0.2, -0.15) is 0 Å². The number of hydrogen-bond donors (Lipinski definition) is 1. The van der Waals surface area contributed by atoms with E-state index in [0.29, 0.717) is 6.04 Å². The van der Waals surface area contributed by atoms with Crippen molar-refractivity contribution in [1.82, 2.24) is 0 Å². The topological polar surface area (TPSA) is 15.3 Å². The fourth-order valence-electron chi connectivity index (χ4n) is 4.37. The van der Waals surface area contributed by atoms with Crippen LogP contribution in [0, 0.1) is 0 Å². The molecule has 0 saturated heterocycles. The predicted octanol–water partition coefficient (Wildman–Crippen LogP) is 8.68. The number of para-hydroxylation sites is 1. The van der Waals surface area contributed by atoms with E-state index in [2.05, 4.69) is 145 Å². The van der Waals surface area contributed by atoms with Crippen molar-refractivity contribution >= 4 is 22.7 Å². The van der Waals surface area contributed by atoms with Crippen LogP contribution < -0.4 is 10.2 Å². The summed E-state index contributed by atoms with van der Waals surface area (Å²) in [6, 6.07) is 37.3. The lowest BCUT2D eigenvalue weighted by molar-refractivity contribution is 0.883. The molecule has 0 bridgehead atoms. The number of nitrogens with zero attached hydrogens (tertiary/aromatic N) is 1. The molecular weight excluding hydrogens is 412 g/mol. The zero-order chi connectivity index (χ0) is 23.2. The largest absolute Gasteiger partial charge is 0.379 e. The van der Waals surface area contributed by atoms with Gasteiger partial charge in [-0.05, 0) is 78.1 Å². The van der Waals surface area contributed by atoms with Gasteiger partial charge in [-0.25, -0.2) is 0 Å². The summed E-state index contributed by atoms with van der Waals surface area (Å²) in [5, 5.41) is 3.58. The van der Waals surface area contributed by atoms with Crippen LogP contribution in [0.4, 0.5) is 22.7 Å².